The van der Waals surface area contributed by atoms with Crippen LogP contribution in [0.5, 0.6) is 0 Å². The lowest BCUT2D eigenvalue weighted by Crippen LogP contribution is -2.53. The number of ether oxygens (including phenoxy) is 1. The topological polar surface area (TPSA) is 71.5 Å². The Kier molecular flexibility index (Phi) is 5.10. The molecule has 2 aliphatic rings. The maximum Gasteiger partial charge on any atom is 0.410 e. The van der Waals surface area contributed by atoms with Crippen molar-refractivity contribution in [2.24, 2.45) is 0 Å². The minimum Gasteiger partial charge on any atom is -0.444 e. The summed E-state index contributed by atoms with van der Waals surface area (Å²) in [5, 5.41) is 2.87. The van der Waals surface area contributed by atoms with Crippen LogP contribution in [-0.2, 0) is 4.74 Å². The van der Waals surface area contributed by atoms with Crippen molar-refractivity contribution < 1.29 is 18.7 Å². The van der Waals surface area contributed by atoms with Crippen LogP contribution in [0.1, 0.15) is 56.8 Å². The maximum atomic E-state index is 13.3. The van der Waals surface area contributed by atoms with Crippen molar-refractivity contribution in [3.05, 3.63) is 28.8 Å². The first-order chi connectivity index (χ1) is 12.1. The van der Waals surface area contributed by atoms with Gasteiger partial charge in [0, 0.05) is 18.1 Å². The molecule has 2 bridgehead atoms. The van der Waals surface area contributed by atoms with Gasteiger partial charge in [-0.15, -0.1) is 0 Å². The fourth-order valence-electron chi connectivity index (χ4n) is 3.75. The molecule has 2 saturated heterocycles. The van der Waals surface area contributed by atoms with Gasteiger partial charge in [0.2, 0.25) is 0 Å². The van der Waals surface area contributed by atoms with E-state index in [2.05, 4.69) is 10.3 Å². The molecule has 6 nitrogen and oxygen atoms in total. The van der Waals surface area contributed by atoms with Gasteiger partial charge < -0.3 is 15.0 Å². The SMILES string of the molecule is CC(C)(C)OC(=O)N1[C@@H]2CC[C@H]1C[C@@H](NC(=O)c1cc(F)cnc1Cl)C2. The van der Waals surface area contributed by atoms with Crippen LogP contribution >= 0.6 is 11.6 Å². The molecule has 142 valence electrons. The summed E-state index contributed by atoms with van der Waals surface area (Å²) in [6.07, 6.45) is 3.73. The molecule has 1 N–H and O–H groups in total. The Morgan fingerprint density at radius 3 is 2.50 bits per heavy atom. The molecule has 3 heterocycles. The third-order valence-corrected chi connectivity index (χ3v) is 5.02. The molecular weight excluding hydrogens is 361 g/mol. The van der Waals surface area contributed by atoms with Crippen molar-refractivity contribution in [1.29, 1.82) is 0 Å². The molecule has 0 radical (unpaired) electrons. The zero-order chi connectivity index (χ0) is 19.1. The number of hydrogen-bond acceptors (Lipinski definition) is 4. The summed E-state index contributed by atoms with van der Waals surface area (Å²) in [6, 6.07) is 1.05. The van der Waals surface area contributed by atoms with Gasteiger partial charge in [0.05, 0.1) is 11.8 Å². The molecule has 2 fully saturated rings. The third-order valence-electron chi connectivity index (χ3n) is 4.72. The molecular formula is C18H23ClFN3O3. The van der Waals surface area contributed by atoms with Gasteiger partial charge in [-0.25, -0.2) is 14.2 Å². The molecule has 3 atom stereocenters. The van der Waals surface area contributed by atoms with E-state index in [1.165, 1.54) is 0 Å². The molecule has 26 heavy (non-hydrogen) atoms. The summed E-state index contributed by atoms with van der Waals surface area (Å²) < 4.78 is 18.8. The first kappa shape index (κ1) is 18.9. The molecule has 2 amide bonds. The van der Waals surface area contributed by atoms with E-state index >= 15 is 0 Å². The first-order valence-corrected chi connectivity index (χ1v) is 9.15. The Morgan fingerprint density at radius 2 is 1.92 bits per heavy atom. The summed E-state index contributed by atoms with van der Waals surface area (Å²) >= 11 is 5.90. The number of nitrogens with one attached hydrogen (secondary N) is 1. The van der Waals surface area contributed by atoms with Crippen LogP contribution in [0.25, 0.3) is 0 Å². The number of piperidine rings is 1. The Hall–Kier alpha value is -1.89. The predicted octanol–water partition coefficient (Wildman–Crippen LogP) is 3.53. The summed E-state index contributed by atoms with van der Waals surface area (Å²) in [4.78, 5) is 30.3. The Morgan fingerprint density at radius 1 is 1.31 bits per heavy atom. The average Bonchev–Trinajstić information content (AvgIpc) is 2.79. The average molecular weight is 384 g/mol. The summed E-state index contributed by atoms with van der Waals surface area (Å²) in [7, 11) is 0. The number of fused-ring (bicyclic) bond motifs is 2. The lowest BCUT2D eigenvalue weighted by Gasteiger charge is -2.39. The Labute approximate surface area is 157 Å². The number of aromatic nitrogens is 1. The lowest BCUT2D eigenvalue weighted by atomic mass is 9.97. The number of carbonyl (C=O) groups excluding carboxylic acids is 2. The number of amides is 2. The number of nitrogens with zero attached hydrogens (tertiary/aromatic N) is 2. The van der Waals surface area contributed by atoms with Crippen LogP contribution in [-0.4, -0.2) is 45.6 Å². The van der Waals surface area contributed by atoms with E-state index in [1.54, 1.807) is 0 Å². The van der Waals surface area contributed by atoms with Crippen molar-refractivity contribution in [1.82, 2.24) is 15.2 Å². The van der Waals surface area contributed by atoms with Crippen LogP contribution in [0.4, 0.5) is 9.18 Å². The zero-order valence-corrected chi connectivity index (χ0v) is 15.8. The van der Waals surface area contributed by atoms with E-state index in [1.807, 2.05) is 25.7 Å². The molecule has 2 aliphatic heterocycles. The van der Waals surface area contributed by atoms with Gasteiger partial charge in [-0.2, -0.15) is 0 Å². The van der Waals surface area contributed by atoms with Crippen molar-refractivity contribution in [3.8, 4) is 0 Å². The van der Waals surface area contributed by atoms with E-state index in [-0.39, 0.29) is 34.9 Å². The molecule has 3 rings (SSSR count). The van der Waals surface area contributed by atoms with Gasteiger partial charge in [0.1, 0.15) is 16.6 Å². The van der Waals surface area contributed by atoms with Gasteiger partial charge in [-0.05, 0) is 52.5 Å². The molecule has 0 aliphatic carbocycles. The van der Waals surface area contributed by atoms with Crippen LogP contribution in [0.15, 0.2) is 12.3 Å². The number of hydrogen-bond donors (Lipinski definition) is 1. The second kappa shape index (κ2) is 7.02. The highest BCUT2D eigenvalue weighted by Gasteiger charge is 2.45. The number of halogens is 2. The minimum atomic E-state index is -0.612. The monoisotopic (exact) mass is 383 g/mol. The third kappa shape index (κ3) is 4.09. The van der Waals surface area contributed by atoms with Gasteiger partial charge in [0.25, 0.3) is 5.91 Å². The molecule has 0 unspecified atom stereocenters. The maximum absolute atomic E-state index is 13.3. The smallest absolute Gasteiger partial charge is 0.410 e. The lowest BCUT2D eigenvalue weighted by molar-refractivity contribution is 0.00500. The second-order valence-corrected chi connectivity index (χ2v) is 8.26. The number of carbonyl (C=O) groups is 2. The van der Waals surface area contributed by atoms with Crippen LogP contribution < -0.4 is 5.32 Å². The van der Waals surface area contributed by atoms with Crippen molar-refractivity contribution in [2.45, 2.75) is 70.2 Å². The van der Waals surface area contributed by atoms with Crippen LogP contribution in [0.3, 0.4) is 0 Å². The Balaban J connectivity index is 1.65. The molecule has 8 heteroatoms. The summed E-state index contributed by atoms with van der Waals surface area (Å²) in [6.45, 7) is 5.53. The number of rotatable bonds is 2. The highest BCUT2D eigenvalue weighted by atomic mass is 35.5. The molecule has 0 saturated carbocycles. The summed E-state index contributed by atoms with van der Waals surface area (Å²) in [5.74, 6) is -1.06. The van der Waals surface area contributed by atoms with E-state index in [9.17, 15) is 14.0 Å². The molecule has 1 aromatic rings. The van der Waals surface area contributed by atoms with E-state index < -0.39 is 17.3 Å². The van der Waals surface area contributed by atoms with E-state index in [0.717, 1.165) is 25.1 Å². The fraction of sp³-hybridized carbons (Fsp3) is 0.611. The Bertz CT molecular complexity index is 708. The largest absolute Gasteiger partial charge is 0.444 e. The molecule has 0 spiro atoms. The van der Waals surface area contributed by atoms with E-state index in [0.29, 0.717) is 12.8 Å². The molecule has 1 aromatic heterocycles. The van der Waals surface area contributed by atoms with E-state index in [4.69, 9.17) is 16.3 Å². The quantitative estimate of drug-likeness (QED) is 0.793. The summed E-state index contributed by atoms with van der Waals surface area (Å²) in [5.41, 5.74) is -0.517. The standard InChI is InChI=1S/C18H23ClFN3O3/c1-18(2,3)26-17(25)23-12-4-5-13(23)8-11(7-12)22-16(24)14-6-10(20)9-21-15(14)19/h6,9,11-13H,4-5,7-8H2,1-3H3,(H,22,24)/t11-,12+,13-. The minimum absolute atomic E-state index is 0.0218. The van der Waals surface area contributed by atoms with Crippen LogP contribution in [0.2, 0.25) is 5.15 Å². The first-order valence-electron chi connectivity index (χ1n) is 8.77. The van der Waals surface area contributed by atoms with Gasteiger partial charge in [-0.1, -0.05) is 11.6 Å². The highest BCUT2D eigenvalue weighted by Crippen LogP contribution is 2.37. The normalized spacial score (nSPS) is 25.1. The zero-order valence-electron chi connectivity index (χ0n) is 15.1. The fourth-order valence-corrected chi connectivity index (χ4v) is 3.94. The van der Waals surface area contributed by atoms with Gasteiger partial charge in [-0.3, -0.25) is 4.79 Å². The van der Waals surface area contributed by atoms with Gasteiger partial charge >= 0.3 is 6.09 Å². The number of pyridine rings is 1. The predicted molar refractivity (Wildman–Crippen MR) is 94.6 cm³/mol. The molecule has 0 aromatic carbocycles. The van der Waals surface area contributed by atoms with Crippen molar-refractivity contribution in [2.75, 3.05) is 0 Å². The van der Waals surface area contributed by atoms with Gasteiger partial charge in [0.15, 0.2) is 0 Å². The van der Waals surface area contributed by atoms with Crippen LogP contribution in [0, 0.1) is 5.82 Å². The van der Waals surface area contributed by atoms with Crippen molar-refractivity contribution >= 4 is 23.6 Å². The second-order valence-electron chi connectivity index (χ2n) is 7.91. The van der Waals surface area contributed by atoms with Crippen molar-refractivity contribution in [3.63, 3.8) is 0 Å². The highest BCUT2D eigenvalue weighted by molar-refractivity contribution is 6.32.